The Morgan fingerprint density at radius 3 is 2.84 bits per heavy atom. The van der Waals surface area contributed by atoms with Crippen LogP contribution in [0.25, 0.3) is 0 Å². The number of aryl methyl sites for hydroxylation is 1. The van der Waals surface area contributed by atoms with Gasteiger partial charge in [-0.1, -0.05) is 15.9 Å². The normalized spacial score (nSPS) is 19.7. The van der Waals surface area contributed by atoms with Crippen LogP contribution in [0.1, 0.15) is 22.3 Å². The van der Waals surface area contributed by atoms with Crippen LogP contribution < -0.4 is 0 Å². The second kappa shape index (κ2) is 6.06. The van der Waals surface area contributed by atoms with Crippen molar-refractivity contribution in [2.45, 2.75) is 13.3 Å². The molecule has 0 radical (unpaired) electrons. The SMILES string of the molecule is Cc1cc(C(=O)N(C)CC2CCN(C)C2)ccc1Br. The van der Waals surface area contributed by atoms with Gasteiger partial charge in [-0.25, -0.2) is 0 Å². The van der Waals surface area contributed by atoms with Gasteiger partial charge in [-0.15, -0.1) is 0 Å². The Bertz CT molecular complexity index is 475. The first-order chi connectivity index (χ1) is 8.97. The summed E-state index contributed by atoms with van der Waals surface area (Å²) in [5.41, 5.74) is 1.87. The van der Waals surface area contributed by atoms with E-state index in [1.807, 2.05) is 37.1 Å². The number of nitrogens with zero attached hydrogens (tertiary/aromatic N) is 2. The van der Waals surface area contributed by atoms with Crippen molar-refractivity contribution in [3.63, 3.8) is 0 Å². The molecule has 2 rings (SSSR count). The monoisotopic (exact) mass is 324 g/mol. The molecule has 19 heavy (non-hydrogen) atoms. The minimum Gasteiger partial charge on any atom is -0.341 e. The molecule has 1 fully saturated rings. The third-order valence-corrected chi connectivity index (χ3v) is 4.66. The Morgan fingerprint density at radius 2 is 2.26 bits per heavy atom. The average Bonchev–Trinajstić information content (AvgIpc) is 2.77. The highest BCUT2D eigenvalue weighted by Crippen LogP contribution is 2.19. The summed E-state index contributed by atoms with van der Waals surface area (Å²) in [6, 6.07) is 5.78. The molecule has 0 spiro atoms. The van der Waals surface area contributed by atoms with Crippen LogP contribution in [-0.4, -0.2) is 49.4 Å². The van der Waals surface area contributed by atoms with Crippen LogP contribution in [0.5, 0.6) is 0 Å². The Kier molecular flexibility index (Phi) is 4.63. The smallest absolute Gasteiger partial charge is 0.253 e. The standard InChI is InChI=1S/C15H21BrN2O/c1-11-8-13(4-5-14(11)16)15(19)18(3)10-12-6-7-17(2)9-12/h4-5,8,12H,6-7,9-10H2,1-3H3. The van der Waals surface area contributed by atoms with E-state index in [1.54, 1.807) is 0 Å². The fraction of sp³-hybridized carbons (Fsp3) is 0.533. The molecular formula is C15H21BrN2O. The Hall–Kier alpha value is -0.870. The Balaban J connectivity index is 2.00. The zero-order valence-electron chi connectivity index (χ0n) is 11.8. The van der Waals surface area contributed by atoms with E-state index in [0.29, 0.717) is 5.92 Å². The molecule has 3 nitrogen and oxygen atoms in total. The maximum atomic E-state index is 12.4. The minimum atomic E-state index is 0.116. The molecule has 0 bridgehead atoms. The van der Waals surface area contributed by atoms with Gasteiger partial charge >= 0.3 is 0 Å². The highest BCUT2D eigenvalue weighted by molar-refractivity contribution is 9.10. The molecule has 1 heterocycles. The number of hydrogen-bond donors (Lipinski definition) is 0. The predicted molar refractivity (Wildman–Crippen MR) is 81.4 cm³/mol. The molecule has 1 aliphatic heterocycles. The lowest BCUT2D eigenvalue weighted by atomic mass is 10.1. The van der Waals surface area contributed by atoms with E-state index in [4.69, 9.17) is 0 Å². The molecule has 1 unspecified atom stereocenters. The lowest BCUT2D eigenvalue weighted by Crippen LogP contribution is -2.32. The van der Waals surface area contributed by atoms with Crippen molar-refractivity contribution < 1.29 is 4.79 Å². The maximum absolute atomic E-state index is 12.4. The van der Waals surface area contributed by atoms with Gasteiger partial charge in [0.2, 0.25) is 0 Å². The maximum Gasteiger partial charge on any atom is 0.253 e. The van der Waals surface area contributed by atoms with Gasteiger partial charge in [0.05, 0.1) is 0 Å². The third-order valence-electron chi connectivity index (χ3n) is 3.77. The summed E-state index contributed by atoms with van der Waals surface area (Å²) in [7, 11) is 4.04. The van der Waals surface area contributed by atoms with Crippen LogP contribution in [-0.2, 0) is 0 Å². The van der Waals surface area contributed by atoms with Crippen molar-refractivity contribution >= 4 is 21.8 Å². The number of benzene rings is 1. The molecule has 0 saturated carbocycles. The summed E-state index contributed by atoms with van der Waals surface area (Å²) in [4.78, 5) is 16.6. The summed E-state index contributed by atoms with van der Waals surface area (Å²) in [5, 5.41) is 0. The molecule has 1 aromatic carbocycles. The van der Waals surface area contributed by atoms with E-state index < -0.39 is 0 Å². The van der Waals surface area contributed by atoms with Gasteiger partial charge in [0, 0.05) is 30.2 Å². The zero-order chi connectivity index (χ0) is 14.0. The van der Waals surface area contributed by atoms with Crippen molar-refractivity contribution in [3.05, 3.63) is 33.8 Å². The van der Waals surface area contributed by atoms with Gasteiger partial charge in [-0.3, -0.25) is 4.79 Å². The summed E-state index contributed by atoms with van der Waals surface area (Å²) < 4.78 is 1.05. The molecular weight excluding hydrogens is 304 g/mol. The lowest BCUT2D eigenvalue weighted by molar-refractivity contribution is 0.0774. The lowest BCUT2D eigenvalue weighted by Gasteiger charge is -2.21. The summed E-state index contributed by atoms with van der Waals surface area (Å²) in [5.74, 6) is 0.723. The van der Waals surface area contributed by atoms with Gasteiger partial charge < -0.3 is 9.80 Å². The van der Waals surface area contributed by atoms with Crippen LogP contribution >= 0.6 is 15.9 Å². The van der Waals surface area contributed by atoms with Crippen molar-refractivity contribution in [2.75, 3.05) is 33.7 Å². The fourth-order valence-corrected chi connectivity index (χ4v) is 2.89. The van der Waals surface area contributed by atoms with E-state index in [0.717, 1.165) is 35.2 Å². The first-order valence-corrected chi connectivity index (χ1v) is 7.47. The average molecular weight is 325 g/mol. The Labute approximate surface area is 123 Å². The third kappa shape index (κ3) is 3.57. The van der Waals surface area contributed by atoms with E-state index in [9.17, 15) is 4.79 Å². The number of rotatable bonds is 3. The van der Waals surface area contributed by atoms with Gasteiger partial charge in [0.25, 0.3) is 5.91 Å². The van der Waals surface area contributed by atoms with Crippen LogP contribution in [0, 0.1) is 12.8 Å². The zero-order valence-corrected chi connectivity index (χ0v) is 13.4. The highest BCUT2D eigenvalue weighted by Gasteiger charge is 2.23. The molecule has 0 N–H and O–H groups in total. The first-order valence-electron chi connectivity index (χ1n) is 6.67. The van der Waals surface area contributed by atoms with E-state index in [2.05, 4.69) is 27.9 Å². The molecule has 1 atom stereocenters. The highest BCUT2D eigenvalue weighted by atomic mass is 79.9. The molecule has 104 valence electrons. The molecule has 0 aromatic heterocycles. The number of hydrogen-bond acceptors (Lipinski definition) is 2. The molecule has 1 aromatic rings. The van der Waals surface area contributed by atoms with Crippen LogP contribution in [0.3, 0.4) is 0 Å². The van der Waals surface area contributed by atoms with Crippen LogP contribution in [0.4, 0.5) is 0 Å². The molecule has 4 heteroatoms. The fourth-order valence-electron chi connectivity index (χ4n) is 2.64. The molecule has 1 saturated heterocycles. The van der Waals surface area contributed by atoms with Gasteiger partial charge in [0.15, 0.2) is 0 Å². The van der Waals surface area contributed by atoms with Crippen molar-refractivity contribution in [1.29, 1.82) is 0 Å². The van der Waals surface area contributed by atoms with Gasteiger partial charge in [0.1, 0.15) is 0 Å². The number of carbonyl (C=O) groups is 1. The topological polar surface area (TPSA) is 23.6 Å². The summed E-state index contributed by atoms with van der Waals surface area (Å²) in [6.07, 6.45) is 1.19. The van der Waals surface area contributed by atoms with Gasteiger partial charge in [-0.05, 0) is 56.6 Å². The van der Waals surface area contributed by atoms with E-state index in [-0.39, 0.29) is 5.91 Å². The second-order valence-electron chi connectivity index (χ2n) is 5.57. The Morgan fingerprint density at radius 1 is 1.53 bits per heavy atom. The van der Waals surface area contributed by atoms with Crippen LogP contribution in [0.15, 0.2) is 22.7 Å². The first kappa shape index (κ1) is 14.5. The van der Waals surface area contributed by atoms with E-state index >= 15 is 0 Å². The number of halogens is 1. The van der Waals surface area contributed by atoms with Crippen molar-refractivity contribution in [1.82, 2.24) is 9.80 Å². The quantitative estimate of drug-likeness (QED) is 0.853. The summed E-state index contributed by atoms with van der Waals surface area (Å²) in [6.45, 7) is 5.09. The largest absolute Gasteiger partial charge is 0.341 e. The minimum absolute atomic E-state index is 0.116. The number of likely N-dealkylation sites (tertiary alicyclic amines) is 1. The predicted octanol–water partition coefficient (Wildman–Crippen LogP) is 2.78. The molecule has 1 aliphatic rings. The molecule has 1 amide bonds. The van der Waals surface area contributed by atoms with Crippen molar-refractivity contribution in [3.8, 4) is 0 Å². The van der Waals surface area contributed by atoms with Crippen molar-refractivity contribution in [2.24, 2.45) is 5.92 Å². The van der Waals surface area contributed by atoms with Crippen LogP contribution in [0.2, 0.25) is 0 Å². The van der Waals surface area contributed by atoms with E-state index in [1.165, 1.54) is 6.42 Å². The summed E-state index contributed by atoms with van der Waals surface area (Å²) >= 11 is 3.46. The number of carbonyl (C=O) groups excluding carboxylic acids is 1. The number of amides is 1. The second-order valence-corrected chi connectivity index (χ2v) is 6.42. The molecule has 0 aliphatic carbocycles. The van der Waals surface area contributed by atoms with Gasteiger partial charge in [-0.2, -0.15) is 0 Å².